The number of imidazole rings is 1. The highest BCUT2D eigenvalue weighted by Gasteiger charge is 2.10. The van der Waals surface area contributed by atoms with Crippen molar-refractivity contribution in [3.05, 3.63) is 59.9 Å². The van der Waals surface area contributed by atoms with Crippen molar-refractivity contribution < 1.29 is 0 Å². The lowest BCUT2D eigenvalue weighted by Gasteiger charge is -2.13. The van der Waals surface area contributed by atoms with Gasteiger partial charge < -0.3 is 15.6 Å². The molecule has 2 aromatic carbocycles. The molecule has 3 N–H and O–H groups in total. The smallest absolute Gasteiger partial charge is 0.0955 e. The highest BCUT2D eigenvalue weighted by Crippen LogP contribution is 2.24. The zero-order chi connectivity index (χ0) is 14.1. The van der Waals surface area contributed by atoms with Crippen LogP contribution in [0.3, 0.4) is 0 Å². The fraction of sp³-hybridized carbons (Fsp3) is 0.188. The molecule has 4 heteroatoms. The van der Waals surface area contributed by atoms with Gasteiger partial charge in [0.25, 0.3) is 0 Å². The maximum absolute atomic E-state index is 6.35. The van der Waals surface area contributed by atoms with Crippen LogP contribution in [0.25, 0.3) is 11.0 Å². The molecule has 0 spiro atoms. The summed E-state index contributed by atoms with van der Waals surface area (Å²) >= 11 is 0. The van der Waals surface area contributed by atoms with Crippen LogP contribution in [-0.2, 0) is 7.05 Å². The molecule has 1 aromatic heterocycles. The van der Waals surface area contributed by atoms with Gasteiger partial charge in [0.1, 0.15) is 0 Å². The topological polar surface area (TPSA) is 55.9 Å². The first-order valence-electron chi connectivity index (χ1n) is 6.63. The summed E-state index contributed by atoms with van der Waals surface area (Å²) in [7, 11) is 3.90. The van der Waals surface area contributed by atoms with Crippen LogP contribution in [0.15, 0.2) is 48.8 Å². The third-order valence-electron chi connectivity index (χ3n) is 3.67. The fourth-order valence-corrected chi connectivity index (χ4v) is 2.40. The highest BCUT2D eigenvalue weighted by molar-refractivity contribution is 5.76. The number of benzene rings is 2. The molecule has 0 saturated heterocycles. The van der Waals surface area contributed by atoms with Crippen LogP contribution in [-0.4, -0.2) is 16.6 Å². The standard InChI is InChI=1S/C16H18N4/c1-18-13-6-3-11(4-7-13)16(17)12-5-8-15-14(9-12)19-10-20(15)2/h3-10,16,18H,17H2,1-2H3. The highest BCUT2D eigenvalue weighted by atomic mass is 15.0. The van der Waals surface area contributed by atoms with Crippen molar-refractivity contribution >= 4 is 16.7 Å². The molecule has 102 valence electrons. The SMILES string of the molecule is CNc1ccc(C(N)c2ccc3c(c2)ncn3C)cc1. The van der Waals surface area contributed by atoms with Crippen molar-refractivity contribution in [2.45, 2.75) is 6.04 Å². The van der Waals surface area contributed by atoms with Gasteiger partial charge >= 0.3 is 0 Å². The van der Waals surface area contributed by atoms with Crippen LogP contribution in [0.1, 0.15) is 17.2 Å². The normalized spacial score (nSPS) is 12.6. The van der Waals surface area contributed by atoms with Gasteiger partial charge in [0.05, 0.1) is 23.4 Å². The average molecular weight is 266 g/mol. The number of anilines is 1. The minimum atomic E-state index is -0.132. The zero-order valence-corrected chi connectivity index (χ0v) is 11.7. The predicted octanol–water partition coefficient (Wildman–Crippen LogP) is 2.66. The Morgan fingerprint density at radius 1 is 1.10 bits per heavy atom. The Kier molecular flexibility index (Phi) is 3.16. The summed E-state index contributed by atoms with van der Waals surface area (Å²) in [6.07, 6.45) is 1.82. The van der Waals surface area contributed by atoms with Gasteiger partial charge in [0, 0.05) is 19.8 Å². The summed E-state index contributed by atoms with van der Waals surface area (Å²) in [5.74, 6) is 0. The molecule has 0 amide bonds. The quantitative estimate of drug-likeness (QED) is 0.766. The van der Waals surface area contributed by atoms with Gasteiger partial charge in [0.15, 0.2) is 0 Å². The molecule has 1 unspecified atom stereocenters. The number of fused-ring (bicyclic) bond motifs is 1. The molecule has 4 nitrogen and oxygen atoms in total. The first-order valence-corrected chi connectivity index (χ1v) is 6.63. The average Bonchev–Trinajstić information content (AvgIpc) is 2.87. The number of nitrogens with zero attached hydrogens (tertiary/aromatic N) is 2. The fourth-order valence-electron chi connectivity index (χ4n) is 2.40. The van der Waals surface area contributed by atoms with Crippen molar-refractivity contribution in [3.63, 3.8) is 0 Å². The number of rotatable bonds is 3. The summed E-state index contributed by atoms with van der Waals surface area (Å²) in [5, 5.41) is 3.11. The van der Waals surface area contributed by atoms with Gasteiger partial charge in [-0.25, -0.2) is 4.98 Å². The van der Waals surface area contributed by atoms with Gasteiger partial charge in [-0.1, -0.05) is 18.2 Å². The van der Waals surface area contributed by atoms with E-state index in [1.54, 1.807) is 0 Å². The van der Waals surface area contributed by atoms with Crippen LogP contribution in [0, 0.1) is 0 Å². The van der Waals surface area contributed by atoms with E-state index < -0.39 is 0 Å². The second-order valence-corrected chi connectivity index (χ2v) is 4.95. The van der Waals surface area contributed by atoms with Crippen molar-refractivity contribution in [3.8, 4) is 0 Å². The molecule has 0 bridgehead atoms. The van der Waals surface area contributed by atoms with E-state index >= 15 is 0 Å². The second-order valence-electron chi connectivity index (χ2n) is 4.95. The van der Waals surface area contributed by atoms with Crippen LogP contribution >= 0.6 is 0 Å². The minimum Gasteiger partial charge on any atom is -0.388 e. The molecule has 3 rings (SSSR count). The van der Waals surface area contributed by atoms with E-state index in [4.69, 9.17) is 5.73 Å². The van der Waals surface area contributed by atoms with E-state index in [1.165, 1.54) is 0 Å². The summed E-state index contributed by atoms with van der Waals surface area (Å²) in [5.41, 5.74) is 11.7. The number of hydrogen-bond acceptors (Lipinski definition) is 3. The second kappa shape index (κ2) is 4.98. The van der Waals surface area contributed by atoms with E-state index in [2.05, 4.69) is 40.6 Å². The summed E-state index contributed by atoms with van der Waals surface area (Å²) in [4.78, 5) is 4.38. The number of nitrogens with one attached hydrogen (secondary N) is 1. The molecule has 1 atom stereocenters. The number of nitrogens with two attached hydrogens (primary N) is 1. The van der Waals surface area contributed by atoms with Crippen LogP contribution in [0.5, 0.6) is 0 Å². The summed E-state index contributed by atoms with van der Waals surface area (Å²) in [6, 6.07) is 14.3. The predicted molar refractivity (Wildman–Crippen MR) is 82.7 cm³/mol. The van der Waals surface area contributed by atoms with Gasteiger partial charge in [0.2, 0.25) is 0 Å². The molecule has 20 heavy (non-hydrogen) atoms. The van der Waals surface area contributed by atoms with Gasteiger partial charge in [-0.15, -0.1) is 0 Å². The van der Waals surface area contributed by atoms with Crippen molar-refractivity contribution in [2.24, 2.45) is 12.8 Å². The van der Waals surface area contributed by atoms with Gasteiger partial charge in [-0.3, -0.25) is 0 Å². The Hall–Kier alpha value is -2.33. The monoisotopic (exact) mass is 266 g/mol. The molecule has 0 saturated carbocycles. The van der Waals surface area contributed by atoms with E-state index in [-0.39, 0.29) is 6.04 Å². The third-order valence-corrected chi connectivity index (χ3v) is 3.67. The Balaban J connectivity index is 1.96. The first kappa shape index (κ1) is 12.7. The third kappa shape index (κ3) is 2.14. The van der Waals surface area contributed by atoms with E-state index in [9.17, 15) is 0 Å². The van der Waals surface area contributed by atoms with Crippen molar-refractivity contribution in [2.75, 3.05) is 12.4 Å². The molecular formula is C16H18N4. The molecule has 0 aliphatic rings. The maximum atomic E-state index is 6.35. The number of aromatic nitrogens is 2. The van der Waals surface area contributed by atoms with Gasteiger partial charge in [-0.05, 0) is 35.4 Å². The Bertz CT molecular complexity index is 728. The molecule has 3 aromatic rings. The summed E-state index contributed by atoms with van der Waals surface area (Å²) in [6.45, 7) is 0. The Morgan fingerprint density at radius 3 is 2.50 bits per heavy atom. The molecule has 1 heterocycles. The molecule has 0 aliphatic carbocycles. The van der Waals surface area contributed by atoms with Crippen LogP contribution < -0.4 is 11.1 Å². The molecular weight excluding hydrogens is 248 g/mol. The van der Waals surface area contributed by atoms with Crippen molar-refractivity contribution in [1.82, 2.24) is 9.55 Å². The van der Waals surface area contributed by atoms with Crippen LogP contribution in [0.2, 0.25) is 0 Å². The lowest BCUT2D eigenvalue weighted by molar-refractivity contribution is 0.873. The largest absolute Gasteiger partial charge is 0.388 e. The van der Waals surface area contributed by atoms with Crippen molar-refractivity contribution in [1.29, 1.82) is 0 Å². The number of aryl methyl sites for hydroxylation is 1. The summed E-state index contributed by atoms with van der Waals surface area (Å²) < 4.78 is 2.01. The molecule has 0 aliphatic heterocycles. The lowest BCUT2D eigenvalue weighted by atomic mass is 9.99. The minimum absolute atomic E-state index is 0.132. The Labute approximate surface area is 118 Å². The lowest BCUT2D eigenvalue weighted by Crippen LogP contribution is -2.11. The van der Waals surface area contributed by atoms with Crippen LogP contribution in [0.4, 0.5) is 5.69 Å². The maximum Gasteiger partial charge on any atom is 0.0955 e. The number of hydrogen-bond donors (Lipinski definition) is 2. The van der Waals surface area contributed by atoms with E-state index in [0.29, 0.717) is 0 Å². The Morgan fingerprint density at radius 2 is 1.80 bits per heavy atom. The molecule has 0 fully saturated rings. The van der Waals surface area contributed by atoms with Gasteiger partial charge in [-0.2, -0.15) is 0 Å². The first-order chi connectivity index (χ1) is 9.69. The van der Waals surface area contributed by atoms with E-state index in [0.717, 1.165) is 27.8 Å². The zero-order valence-electron chi connectivity index (χ0n) is 11.7. The molecule has 0 radical (unpaired) electrons. The van der Waals surface area contributed by atoms with E-state index in [1.807, 2.05) is 37.1 Å².